The van der Waals surface area contributed by atoms with E-state index in [2.05, 4.69) is 25.3 Å². The van der Waals surface area contributed by atoms with E-state index in [0.29, 0.717) is 24.5 Å². The van der Waals surface area contributed by atoms with Crippen molar-refractivity contribution in [3.63, 3.8) is 0 Å². The van der Waals surface area contributed by atoms with Crippen LogP contribution in [0.5, 0.6) is 0 Å². The second-order valence-corrected chi connectivity index (χ2v) is 7.58. The molecule has 3 heterocycles. The lowest BCUT2D eigenvalue weighted by Gasteiger charge is -2.28. The van der Waals surface area contributed by atoms with Gasteiger partial charge in [0.1, 0.15) is 17.7 Å². The molecule has 1 amide bonds. The average Bonchev–Trinajstić information content (AvgIpc) is 3.10. The third-order valence-corrected chi connectivity index (χ3v) is 5.32. The number of rotatable bonds is 5. The molecule has 1 N–H and O–H groups in total. The van der Waals surface area contributed by atoms with Gasteiger partial charge in [0.05, 0.1) is 16.7 Å². The van der Waals surface area contributed by atoms with Crippen molar-refractivity contribution in [2.24, 2.45) is 0 Å². The molecule has 1 aliphatic rings. The number of carbonyl (C=O) groups is 1. The molecule has 184 valence electrons. The van der Waals surface area contributed by atoms with Gasteiger partial charge in [-0.1, -0.05) is 0 Å². The van der Waals surface area contributed by atoms with E-state index < -0.39 is 71.9 Å². The van der Waals surface area contributed by atoms with Crippen molar-refractivity contribution in [2.75, 3.05) is 18.4 Å². The zero-order chi connectivity index (χ0) is 25.4. The van der Waals surface area contributed by atoms with Crippen molar-refractivity contribution < 1.29 is 35.5 Å². The second kappa shape index (κ2) is 9.07. The van der Waals surface area contributed by atoms with E-state index >= 15 is 0 Å². The van der Waals surface area contributed by atoms with Gasteiger partial charge in [-0.25, -0.2) is 37.5 Å². The van der Waals surface area contributed by atoms with Gasteiger partial charge < -0.3 is 10.2 Å². The van der Waals surface area contributed by atoms with Crippen LogP contribution in [0.15, 0.2) is 43.0 Å². The van der Waals surface area contributed by atoms with Crippen LogP contribution in [0, 0.1) is 11.6 Å². The number of alkyl halides is 5. The fourth-order valence-corrected chi connectivity index (χ4v) is 3.63. The quantitative estimate of drug-likeness (QED) is 0.529. The standard InChI is InChI=1S/C21H15F7N6O/c22-12-6-13(16(14(23)7-12)17-29-3-1-4-30-17)18(35)34-5-2-20(24,25)15(34)10-33-19-31-8-11(9-32-19)21(26,27)28/h1,3-4,6-9,15H,2,5,10H2,(H,31,32,33)/t15-/m1/s1. The summed E-state index contributed by atoms with van der Waals surface area (Å²) in [5.41, 5.74) is -2.14. The van der Waals surface area contributed by atoms with Crippen molar-refractivity contribution >= 4 is 11.9 Å². The minimum absolute atomic E-state index is 0.243. The Hall–Kier alpha value is -3.84. The summed E-state index contributed by atoms with van der Waals surface area (Å²) >= 11 is 0. The van der Waals surface area contributed by atoms with Crippen molar-refractivity contribution in [1.82, 2.24) is 24.8 Å². The molecule has 4 rings (SSSR count). The summed E-state index contributed by atoms with van der Waals surface area (Å²) in [6.07, 6.45) is -1.94. The van der Waals surface area contributed by atoms with Gasteiger partial charge in [0.25, 0.3) is 11.8 Å². The monoisotopic (exact) mass is 500 g/mol. The molecule has 0 saturated carbocycles. The highest BCUT2D eigenvalue weighted by molar-refractivity contribution is 6.00. The molecule has 2 aromatic heterocycles. The number of aromatic nitrogens is 4. The topological polar surface area (TPSA) is 83.9 Å². The van der Waals surface area contributed by atoms with Gasteiger partial charge in [-0.3, -0.25) is 4.79 Å². The largest absolute Gasteiger partial charge is 0.419 e. The molecule has 0 unspecified atom stereocenters. The van der Waals surface area contributed by atoms with Crippen molar-refractivity contribution in [2.45, 2.75) is 24.6 Å². The fourth-order valence-electron chi connectivity index (χ4n) is 3.63. The third kappa shape index (κ3) is 5.00. The molecule has 1 saturated heterocycles. The molecule has 1 aliphatic heterocycles. The van der Waals surface area contributed by atoms with Crippen LogP contribution in [0.25, 0.3) is 11.4 Å². The van der Waals surface area contributed by atoms with Crippen molar-refractivity contribution in [3.8, 4) is 11.4 Å². The normalized spacial score (nSPS) is 17.5. The number of halogens is 7. The number of hydrogen-bond acceptors (Lipinski definition) is 6. The summed E-state index contributed by atoms with van der Waals surface area (Å²) in [5.74, 6) is -7.38. The van der Waals surface area contributed by atoms with Crippen LogP contribution in [0.4, 0.5) is 36.7 Å². The van der Waals surface area contributed by atoms with Crippen LogP contribution in [-0.2, 0) is 6.18 Å². The van der Waals surface area contributed by atoms with Crippen molar-refractivity contribution in [3.05, 3.63) is 65.7 Å². The first-order chi connectivity index (χ1) is 16.5. The van der Waals surface area contributed by atoms with Gasteiger partial charge in [-0.2, -0.15) is 13.2 Å². The lowest BCUT2D eigenvalue weighted by atomic mass is 10.0. The first-order valence-electron chi connectivity index (χ1n) is 10.1. The Labute approximate surface area is 193 Å². The van der Waals surface area contributed by atoms with E-state index in [-0.39, 0.29) is 11.8 Å². The van der Waals surface area contributed by atoms with Crippen LogP contribution < -0.4 is 5.32 Å². The summed E-state index contributed by atoms with van der Waals surface area (Å²) in [6, 6.07) is 0.842. The summed E-state index contributed by atoms with van der Waals surface area (Å²) in [5, 5.41) is 2.39. The number of amides is 1. The molecule has 14 heteroatoms. The van der Waals surface area contributed by atoms with E-state index in [0.717, 1.165) is 4.90 Å². The third-order valence-electron chi connectivity index (χ3n) is 5.32. The predicted octanol–water partition coefficient (Wildman–Crippen LogP) is 4.19. The Kier molecular flexibility index (Phi) is 6.30. The van der Waals surface area contributed by atoms with Gasteiger partial charge in [0.15, 0.2) is 5.82 Å². The van der Waals surface area contributed by atoms with Gasteiger partial charge in [0.2, 0.25) is 5.95 Å². The lowest BCUT2D eigenvalue weighted by molar-refractivity contribution is -0.138. The van der Waals surface area contributed by atoms with Gasteiger partial charge in [-0.05, 0) is 12.1 Å². The maximum Gasteiger partial charge on any atom is 0.419 e. The van der Waals surface area contributed by atoms with Crippen molar-refractivity contribution in [1.29, 1.82) is 0 Å². The molecule has 0 bridgehead atoms. The van der Waals surface area contributed by atoms with E-state index in [1.165, 1.54) is 18.5 Å². The predicted molar refractivity (Wildman–Crippen MR) is 107 cm³/mol. The molecule has 1 aromatic carbocycles. The Morgan fingerprint density at radius 1 is 1.09 bits per heavy atom. The number of hydrogen-bond donors (Lipinski definition) is 1. The van der Waals surface area contributed by atoms with E-state index in [1.807, 2.05) is 0 Å². The van der Waals surface area contributed by atoms with E-state index in [4.69, 9.17) is 0 Å². The Bertz CT molecular complexity index is 1220. The second-order valence-electron chi connectivity index (χ2n) is 7.58. The smallest absolute Gasteiger partial charge is 0.352 e. The fraction of sp³-hybridized carbons (Fsp3) is 0.286. The summed E-state index contributed by atoms with van der Waals surface area (Å²) in [7, 11) is 0. The molecule has 3 aromatic rings. The number of anilines is 1. The first-order valence-corrected chi connectivity index (χ1v) is 10.1. The zero-order valence-electron chi connectivity index (χ0n) is 17.5. The number of likely N-dealkylation sites (tertiary alicyclic amines) is 1. The SMILES string of the molecule is O=C(c1cc(F)cc(F)c1-c1ncccn1)N1CCC(F)(F)[C@H]1CNc1ncc(C(F)(F)F)cn1. The van der Waals surface area contributed by atoms with Gasteiger partial charge in [-0.15, -0.1) is 0 Å². The maximum atomic E-state index is 14.6. The Morgan fingerprint density at radius 3 is 2.37 bits per heavy atom. The molecular weight excluding hydrogens is 485 g/mol. The molecule has 0 spiro atoms. The molecular formula is C21H15F7N6O. The zero-order valence-corrected chi connectivity index (χ0v) is 17.5. The summed E-state index contributed by atoms with van der Waals surface area (Å²) in [4.78, 5) is 28.6. The van der Waals surface area contributed by atoms with Crippen LogP contribution in [0.3, 0.4) is 0 Å². The minimum Gasteiger partial charge on any atom is -0.352 e. The van der Waals surface area contributed by atoms with Gasteiger partial charge in [0, 0.05) is 50.4 Å². The molecule has 7 nitrogen and oxygen atoms in total. The van der Waals surface area contributed by atoms with E-state index in [1.54, 1.807) is 0 Å². The maximum absolute atomic E-state index is 14.6. The van der Waals surface area contributed by atoms with Crippen LogP contribution >= 0.6 is 0 Å². The molecule has 0 radical (unpaired) electrons. The number of benzene rings is 1. The van der Waals surface area contributed by atoms with Crippen LogP contribution in [-0.4, -0.2) is 55.8 Å². The Morgan fingerprint density at radius 2 is 1.74 bits per heavy atom. The molecule has 0 aliphatic carbocycles. The Balaban J connectivity index is 1.61. The summed E-state index contributed by atoms with van der Waals surface area (Å²) < 4.78 is 95.9. The lowest BCUT2D eigenvalue weighted by Crippen LogP contribution is -2.47. The number of nitrogens with zero attached hydrogens (tertiary/aromatic N) is 5. The molecule has 1 fully saturated rings. The molecule has 1 atom stereocenters. The molecule has 35 heavy (non-hydrogen) atoms. The first kappa shape index (κ1) is 24.3. The number of nitrogens with one attached hydrogen (secondary N) is 1. The minimum atomic E-state index is -4.68. The average molecular weight is 500 g/mol. The van der Waals surface area contributed by atoms with Crippen LogP contribution in [0.1, 0.15) is 22.3 Å². The van der Waals surface area contributed by atoms with Crippen LogP contribution in [0.2, 0.25) is 0 Å². The number of carbonyl (C=O) groups excluding carboxylic acids is 1. The summed E-state index contributed by atoms with van der Waals surface area (Å²) in [6.45, 7) is -1.08. The highest BCUT2D eigenvalue weighted by atomic mass is 19.4. The van der Waals surface area contributed by atoms with Gasteiger partial charge >= 0.3 is 6.18 Å². The highest BCUT2D eigenvalue weighted by Crippen LogP contribution is 2.37. The van der Waals surface area contributed by atoms with E-state index in [9.17, 15) is 35.5 Å². The highest BCUT2D eigenvalue weighted by Gasteiger charge is 2.51.